The van der Waals surface area contributed by atoms with Gasteiger partial charge < -0.3 is 14.8 Å². The summed E-state index contributed by atoms with van der Waals surface area (Å²) in [7, 11) is 0. The highest BCUT2D eigenvalue weighted by molar-refractivity contribution is 5.37. The zero-order valence-corrected chi connectivity index (χ0v) is 13.1. The van der Waals surface area contributed by atoms with Crippen molar-refractivity contribution in [3.8, 4) is 5.75 Å². The van der Waals surface area contributed by atoms with Gasteiger partial charge in [0.1, 0.15) is 5.75 Å². The Labute approximate surface area is 122 Å². The number of nitrogens with one attached hydrogen (secondary N) is 1. The second-order valence-corrected chi connectivity index (χ2v) is 5.84. The Kier molecular flexibility index (Phi) is 5.44. The van der Waals surface area contributed by atoms with Crippen LogP contribution in [0.3, 0.4) is 0 Å². The summed E-state index contributed by atoms with van der Waals surface area (Å²) in [6.45, 7) is 10.3. The van der Waals surface area contributed by atoms with Crippen molar-refractivity contribution < 1.29 is 9.47 Å². The molecular formula is C17H27NO2. The molecule has 112 valence electrons. The van der Waals surface area contributed by atoms with Crippen LogP contribution in [0.1, 0.15) is 45.7 Å². The van der Waals surface area contributed by atoms with Gasteiger partial charge in [0.05, 0.1) is 18.2 Å². The van der Waals surface area contributed by atoms with E-state index in [0.717, 1.165) is 25.3 Å². The van der Waals surface area contributed by atoms with Gasteiger partial charge in [0.2, 0.25) is 0 Å². The van der Waals surface area contributed by atoms with Crippen molar-refractivity contribution in [3.05, 3.63) is 29.8 Å². The largest absolute Gasteiger partial charge is 0.491 e. The van der Waals surface area contributed by atoms with Crippen LogP contribution in [0.5, 0.6) is 5.75 Å². The number of hydrogen-bond acceptors (Lipinski definition) is 3. The minimum Gasteiger partial charge on any atom is -0.491 e. The third kappa shape index (κ3) is 3.53. The molecule has 1 saturated heterocycles. The predicted molar refractivity (Wildman–Crippen MR) is 82.1 cm³/mol. The third-order valence-electron chi connectivity index (χ3n) is 3.81. The molecule has 1 fully saturated rings. The van der Waals surface area contributed by atoms with E-state index < -0.39 is 0 Å². The monoisotopic (exact) mass is 277 g/mol. The van der Waals surface area contributed by atoms with Gasteiger partial charge in [-0.1, -0.05) is 32.0 Å². The maximum absolute atomic E-state index is 5.98. The summed E-state index contributed by atoms with van der Waals surface area (Å²) in [4.78, 5) is 0. The summed E-state index contributed by atoms with van der Waals surface area (Å²) in [5, 5.41) is 3.58. The van der Waals surface area contributed by atoms with Gasteiger partial charge >= 0.3 is 0 Å². The topological polar surface area (TPSA) is 30.5 Å². The Morgan fingerprint density at radius 3 is 2.70 bits per heavy atom. The minimum absolute atomic E-state index is 0.181. The number of benzene rings is 1. The Hall–Kier alpha value is -1.06. The maximum Gasteiger partial charge on any atom is 0.124 e. The Morgan fingerprint density at radius 1 is 1.35 bits per heavy atom. The third-order valence-corrected chi connectivity index (χ3v) is 3.81. The molecular weight excluding hydrogens is 250 g/mol. The molecule has 2 rings (SSSR count). The van der Waals surface area contributed by atoms with Crippen molar-refractivity contribution in [1.82, 2.24) is 5.32 Å². The summed E-state index contributed by atoms with van der Waals surface area (Å²) in [5.41, 5.74) is 1.21. The van der Waals surface area contributed by atoms with E-state index in [1.54, 1.807) is 0 Å². The average molecular weight is 277 g/mol. The van der Waals surface area contributed by atoms with Crippen LogP contribution in [0, 0.1) is 5.92 Å². The lowest BCUT2D eigenvalue weighted by atomic mass is 9.92. The van der Waals surface area contributed by atoms with Crippen LogP contribution >= 0.6 is 0 Å². The highest BCUT2D eigenvalue weighted by atomic mass is 16.5. The number of likely N-dealkylation sites (N-methyl/N-ethyl adjacent to an activating group) is 1. The number of para-hydroxylation sites is 1. The van der Waals surface area contributed by atoms with Gasteiger partial charge in [-0.25, -0.2) is 0 Å². The van der Waals surface area contributed by atoms with E-state index in [0.29, 0.717) is 5.92 Å². The lowest BCUT2D eigenvalue weighted by Crippen LogP contribution is -2.35. The fourth-order valence-corrected chi connectivity index (χ4v) is 2.87. The zero-order valence-electron chi connectivity index (χ0n) is 13.1. The average Bonchev–Trinajstić information content (AvgIpc) is 2.82. The van der Waals surface area contributed by atoms with Gasteiger partial charge in [-0.15, -0.1) is 0 Å². The van der Waals surface area contributed by atoms with Crippen LogP contribution in [0.15, 0.2) is 24.3 Å². The molecule has 1 N–H and O–H groups in total. The van der Waals surface area contributed by atoms with Crippen molar-refractivity contribution in [1.29, 1.82) is 0 Å². The van der Waals surface area contributed by atoms with E-state index in [1.807, 2.05) is 6.07 Å². The predicted octanol–water partition coefficient (Wildman–Crippen LogP) is 3.55. The summed E-state index contributed by atoms with van der Waals surface area (Å²) in [6.07, 6.45) is 1.55. The van der Waals surface area contributed by atoms with Gasteiger partial charge in [-0.3, -0.25) is 0 Å². The smallest absolute Gasteiger partial charge is 0.124 e. The second kappa shape index (κ2) is 7.09. The van der Waals surface area contributed by atoms with E-state index in [2.05, 4.69) is 51.2 Å². The molecule has 1 aliphatic heterocycles. The van der Waals surface area contributed by atoms with Crippen LogP contribution in [0.2, 0.25) is 0 Å². The molecule has 3 heteroatoms. The molecule has 3 atom stereocenters. The first-order chi connectivity index (χ1) is 9.63. The molecule has 0 aromatic heterocycles. The molecule has 0 spiro atoms. The van der Waals surface area contributed by atoms with Crippen molar-refractivity contribution in [3.63, 3.8) is 0 Å². The normalized spacial score (nSPS) is 24.1. The van der Waals surface area contributed by atoms with Gasteiger partial charge in [0, 0.05) is 12.2 Å². The van der Waals surface area contributed by atoms with Crippen LogP contribution in [-0.4, -0.2) is 25.4 Å². The second-order valence-electron chi connectivity index (χ2n) is 5.84. The van der Waals surface area contributed by atoms with Crippen molar-refractivity contribution in [2.24, 2.45) is 5.92 Å². The number of ether oxygens (including phenoxy) is 2. The molecule has 1 aliphatic rings. The summed E-state index contributed by atoms with van der Waals surface area (Å²) >= 11 is 0. The standard InChI is InChI=1S/C17H27NO2/c1-5-18-16(17-13(4)10-11-19-17)14-8-6-7-9-15(14)20-12(2)3/h6-9,12-13,16-18H,5,10-11H2,1-4H3. The first kappa shape index (κ1) is 15.3. The molecule has 1 heterocycles. The van der Waals surface area contributed by atoms with E-state index in [9.17, 15) is 0 Å². The molecule has 20 heavy (non-hydrogen) atoms. The lowest BCUT2D eigenvalue weighted by Gasteiger charge is -2.29. The molecule has 0 bridgehead atoms. The molecule has 3 nitrogen and oxygen atoms in total. The molecule has 3 unspecified atom stereocenters. The van der Waals surface area contributed by atoms with Crippen LogP contribution in [-0.2, 0) is 4.74 Å². The van der Waals surface area contributed by atoms with Gasteiger partial charge in [0.15, 0.2) is 0 Å². The van der Waals surface area contributed by atoms with Gasteiger partial charge in [-0.2, -0.15) is 0 Å². The van der Waals surface area contributed by atoms with Crippen molar-refractivity contribution in [2.75, 3.05) is 13.2 Å². The Bertz CT molecular complexity index is 419. The highest BCUT2D eigenvalue weighted by Crippen LogP contribution is 2.35. The summed E-state index contributed by atoms with van der Waals surface area (Å²) in [5.74, 6) is 1.54. The number of hydrogen-bond donors (Lipinski definition) is 1. The molecule has 0 aliphatic carbocycles. The number of rotatable bonds is 6. The zero-order chi connectivity index (χ0) is 14.5. The summed E-state index contributed by atoms with van der Waals surface area (Å²) in [6, 6.07) is 8.52. The van der Waals surface area contributed by atoms with Crippen molar-refractivity contribution >= 4 is 0 Å². The SMILES string of the molecule is CCNC(c1ccccc1OC(C)C)C1OCCC1C. The van der Waals surface area contributed by atoms with E-state index in [-0.39, 0.29) is 18.2 Å². The Balaban J connectivity index is 2.28. The van der Waals surface area contributed by atoms with E-state index in [1.165, 1.54) is 5.56 Å². The first-order valence-corrected chi connectivity index (χ1v) is 7.74. The molecule has 1 aromatic rings. The van der Waals surface area contributed by atoms with E-state index >= 15 is 0 Å². The fraction of sp³-hybridized carbons (Fsp3) is 0.647. The molecule has 0 amide bonds. The maximum atomic E-state index is 5.98. The molecule has 0 radical (unpaired) electrons. The van der Waals surface area contributed by atoms with Gasteiger partial charge in [-0.05, 0) is 38.8 Å². The lowest BCUT2D eigenvalue weighted by molar-refractivity contribution is 0.0598. The fourth-order valence-electron chi connectivity index (χ4n) is 2.87. The summed E-state index contributed by atoms with van der Waals surface area (Å²) < 4.78 is 11.9. The van der Waals surface area contributed by atoms with E-state index in [4.69, 9.17) is 9.47 Å². The molecule has 0 saturated carbocycles. The van der Waals surface area contributed by atoms with Gasteiger partial charge in [0.25, 0.3) is 0 Å². The van der Waals surface area contributed by atoms with Crippen molar-refractivity contribution in [2.45, 2.75) is 52.4 Å². The Morgan fingerprint density at radius 2 is 2.10 bits per heavy atom. The van der Waals surface area contributed by atoms with Crippen LogP contribution < -0.4 is 10.1 Å². The first-order valence-electron chi connectivity index (χ1n) is 7.74. The van der Waals surface area contributed by atoms with Crippen LogP contribution in [0.25, 0.3) is 0 Å². The minimum atomic E-state index is 0.181. The quantitative estimate of drug-likeness (QED) is 0.862. The highest BCUT2D eigenvalue weighted by Gasteiger charge is 2.34. The molecule has 1 aromatic carbocycles. The van der Waals surface area contributed by atoms with Crippen LogP contribution in [0.4, 0.5) is 0 Å².